The van der Waals surface area contributed by atoms with Crippen molar-refractivity contribution in [2.45, 2.75) is 0 Å². The van der Waals surface area contributed by atoms with E-state index in [4.69, 9.17) is 10.00 Å². The molecule has 15 heavy (non-hydrogen) atoms. The van der Waals surface area contributed by atoms with Gasteiger partial charge in [-0.1, -0.05) is 0 Å². The maximum absolute atomic E-state index is 13.6. The van der Waals surface area contributed by atoms with Gasteiger partial charge >= 0.3 is 5.97 Å². The molecule has 0 aliphatic carbocycles. The van der Waals surface area contributed by atoms with E-state index >= 15 is 0 Å². The minimum Gasteiger partial charge on any atom is -0.492 e. The number of carbonyl (C=O) groups is 1. The van der Waals surface area contributed by atoms with Gasteiger partial charge in [0.1, 0.15) is 6.07 Å². The van der Waals surface area contributed by atoms with E-state index in [0.29, 0.717) is 0 Å². The molecule has 0 unspecified atom stereocenters. The van der Waals surface area contributed by atoms with Crippen molar-refractivity contribution in [2.75, 3.05) is 14.2 Å². The lowest BCUT2D eigenvalue weighted by molar-refractivity contribution is 0.0594. The van der Waals surface area contributed by atoms with Gasteiger partial charge in [0.2, 0.25) is 0 Å². The van der Waals surface area contributed by atoms with Crippen LogP contribution in [0.5, 0.6) is 5.75 Å². The molecule has 0 bridgehead atoms. The Balaban J connectivity index is 3.37. The van der Waals surface area contributed by atoms with Crippen molar-refractivity contribution in [3.8, 4) is 11.8 Å². The number of nitriles is 1. The van der Waals surface area contributed by atoms with Crippen molar-refractivity contribution in [3.63, 3.8) is 0 Å². The molecule has 0 aliphatic heterocycles. The van der Waals surface area contributed by atoms with Crippen LogP contribution in [0.1, 0.15) is 15.9 Å². The van der Waals surface area contributed by atoms with E-state index in [9.17, 15) is 9.18 Å². The summed E-state index contributed by atoms with van der Waals surface area (Å²) in [6.07, 6.45) is 0. The van der Waals surface area contributed by atoms with Gasteiger partial charge in [-0.25, -0.2) is 9.18 Å². The second kappa shape index (κ2) is 4.42. The quantitative estimate of drug-likeness (QED) is 0.692. The molecule has 0 saturated heterocycles. The van der Waals surface area contributed by atoms with Gasteiger partial charge < -0.3 is 9.47 Å². The highest BCUT2D eigenvalue weighted by molar-refractivity contribution is 5.90. The molecular formula is C10H8FNO3. The van der Waals surface area contributed by atoms with Crippen LogP contribution in [0.4, 0.5) is 4.39 Å². The number of nitrogens with zero attached hydrogens (tertiary/aromatic N) is 1. The van der Waals surface area contributed by atoms with Gasteiger partial charge in [0, 0.05) is 0 Å². The van der Waals surface area contributed by atoms with E-state index in [-0.39, 0.29) is 16.9 Å². The zero-order chi connectivity index (χ0) is 11.4. The monoisotopic (exact) mass is 209 g/mol. The number of hydrogen-bond acceptors (Lipinski definition) is 4. The average molecular weight is 209 g/mol. The Bertz CT molecular complexity index is 437. The summed E-state index contributed by atoms with van der Waals surface area (Å²) in [4.78, 5) is 11.1. The number of halogens is 1. The number of carbonyl (C=O) groups excluding carboxylic acids is 1. The van der Waals surface area contributed by atoms with Crippen LogP contribution in [-0.2, 0) is 4.74 Å². The van der Waals surface area contributed by atoms with Crippen molar-refractivity contribution in [1.29, 1.82) is 5.26 Å². The fraction of sp³-hybridized carbons (Fsp3) is 0.200. The molecule has 0 aromatic heterocycles. The van der Waals surface area contributed by atoms with Crippen LogP contribution >= 0.6 is 0 Å². The minimum absolute atomic E-state index is 0.0302. The lowest BCUT2D eigenvalue weighted by atomic mass is 10.1. The fourth-order valence-corrected chi connectivity index (χ4v) is 1.11. The molecule has 0 saturated carbocycles. The number of rotatable bonds is 2. The lowest BCUT2D eigenvalue weighted by Gasteiger charge is -2.07. The predicted molar refractivity (Wildman–Crippen MR) is 49.0 cm³/mol. The zero-order valence-corrected chi connectivity index (χ0v) is 8.20. The standard InChI is InChI=1S/C10H8FNO3/c1-14-9-6(5-12)3-4-7(8(9)11)10(13)15-2/h3-4H,1-2H3. The first kappa shape index (κ1) is 11.0. The summed E-state index contributed by atoms with van der Waals surface area (Å²) < 4.78 is 22.7. The smallest absolute Gasteiger partial charge is 0.340 e. The first-order valence-electron chi connectivity index (χ1n) is 4.00. The maximum Gasteiger partial charge on any atom is 0.340 e. The van der Waals surface area contributed by atoms with Gasteiger partial charge in [-0.3, -0.25) is 0 Å². The van der Waals surface area contributed by atoms with Crippen molar-refractivity contribution < 1.29 is 18.7 Å². The molecule has 0 aliphatic rings. The summed E-state index contributed by atoms with van der Waals surface area (Å²) in [7, 11) is 2.37. The number of esters is 1. The van der Waals surface area contributed by atoms with Crippen LogP contribution in [0.3, 0.4) is 0 Å². The van der Waals surface area contributed by atoms with E-state index in [2.05, 4.69) is 4.74 Å². The van der Waals surface area contributed by atoms with Crippen LogP contribution in [0.25, 0.3) is 0 Å². The van der Waals surface area contributed by atoms with Gasteiger partial charge in [0.25, 0.3) is 0 Å². The molecule has 0 fully saturated rings. The summed E-state index contributed by atoms with van der Waals surface area (Å²) in [5, 5.41) is 8.65. The molecular weight excluding hydrogens is 201 g/mol. The van der Waals surface area contributed by atoms with E-state index in [1.54, 1.807) is 6.07 Å². The van der Waals surface area contributed by atoms with Crippen LogP contribution in [-0.4, -0.2) is 20.2 Å². The second-order valence-corrected chi connectivity index (χ2v) is 2.61. The van der Waals surface area contributed by atoms with Crippen LogP contribution in [0.2, 0.25) is 0 Å². The minimum atomic E-state index is -0.886. The highest BCUT2D eigenvalue weighted by Crippen LogP contribution is 2.25. The van der Waals surface area contributed by atoms with E-state index < -0.39 is 11.8 Å². The predicted octanol–water partition coefficient (Wildman–Crippen LogP) is 1.49. The summed E-state index contributed by atoms with van der Waals surface area (Å²) in [5.74, 6) is -1.95. The van der Waals surface area contributed by atoms with Gasteiger partial charge in [-0.05, 0) is 12.1 Å². The number of ether oxygens (including phenoxy) is 2. The van der Waals surface area contributed by atoms with Gasteiger partial charge in [0.15, 0.2) is 11.6 Å². The molecule has 0 atom stereocenters. The Morgan fingerprint density at radius 1 is 1.47 bits per heavy atom. The molecule has 0 radical (unpaired) electrons. The summed E-state index contributed by atoms with van der Waals surface area (Å²) in [6, 6.07) is 4.24. The summed E-state index contributed by atoms with van der Waals surface area (Å²) in [6.45, 7) is 0. The number of hydrogen-bond donors (Lipinski definition) is 0. The van der Waals surface area contributed by atoms with Crippen LogP contribution < -0.4 is 4.74 Å². The Labute approximate surface area is 85.8 Å². The number of methoxy groups -OCH3 is 2. The van der Waals surface area contributed by atoms with E-state index in [1.807, 2.05) is 0 Å². The molecule has 4 nitrogen and oxygen atoms in total. The Morgan fingerprint density at radius 3 is 2.60 bits per heavy atom. The van der Waals surface area contributed by atoms with Crippen molar-refractivity contribution in [2.24, 2.45) is 0 Å². The van der Waals surface area contributed by atoms with Crippen LogP contribution in [0.15, 0.2) is 12.1 Å². The lowest BCUT2D eigenvalue weighted by Crippen LogP contribution is -2.06. The van der Waals surface area contributed by atoms with E-state index in [0.717, 1.165) is 7.11 Å². The molecule has 5 heteroatoms. The first-order chi connectivity index (χ1) is 7.15. The van der Waals surface area contributed by atoms with Crippen molar-refractivity contribution in [3.05, 3.63) is 29.1 Å². The third kappa shape index (κ3) is 1.89. The summed E-state index contributed by atoms with van der Waals surface area (Å²) in [5.41, 5.74) is -0.226. The Morgan fingerprint density at radius 2 is 2.13 bits per heavy atom. The van der Waals surface area contributed by atoms with Gasteiger partial charge in [-0.15, -0.1) is 0 Å². The first-order valence-corrected chi connectivity index (χ1v) is 4.00. The Hall–Kier alpha value is -2.09. The third-order valence-corrected chi connectivity index (χ3v) is 1.83. The average Bonchev–Trinajstić information content (AvgIpc) is 2.27. The maximum atomic E-state index is 13.6. The molecule has 78 valence electrons. The SMILES string of the molecule is COC(=O)c1ccc(C#N)c(OC)c1F. The molecule has 1 aromatic carbocycles. The largest absolute Gasteiger partial charge is 0.492 e. The zero-order valence-electron chi connectivity index (χ0n) is 8.20. The fourth-order valence-electron chi connectivity index (χ4n) is 1.11. The second-order valence-electron chi connectivity index (χ2n) is 2.61. The number of benzene rings is 1. The normalized spacial score (nSPS) is 9.20. The van der Waals surface area contributed by atoms with Gasteiger partial charge in [0.05, 0.1) is 25.3 Å². The molecule has 0 N–H and O–H groups in total. The Kier molecular flexibility index (Phi) is 3.24. The van der Waals surface area contributed by atoms with Crippen molar-refractivity contribution >= 4 is 5.97 Å². The molecule has 0 amide bonds. The van der Waals surface area contributed by atoms with Gasteiger partial charge in [-0.2, -0.15) is 5.26 Å². The third-order valence-electron chi connectivity index (χ3n) is 1.83. The van der Waals surface area contributed by atoms with Crippen LogP contribution in [0, 0.1) is 17.1 Å². The summed E-state index contributed by atoms with van der Waals surface area (Å²) >= 11 is 0. The molecule has 0 heterocycles. The van der Waals surface area contributed by atoms with Crippen molar-refractivity contribution in [1.82, 2.24) is 0 Å². The molecule has 0 spiro atoms. The molecule has 1 rings (SSSR count). The highest BCUT2D eigenvalue weighted by Gasteiger charge is 2.19. The topological polar surface area (TPSA) is 59.3 Å². The highest BCUT2D eigenvalue weighted by atomic mass is 19.1. The molecule has 1 aromatic rings. The van der Waals surface area contributed by atoms with E-state index in [1.165, 1.54) is 19.2 Å².